The van der Waals surface area contributed by atoms with Crippen molar-refractivity contribution in [3.8, 4) is 23.0 Å². The molecule has 0 saturated heterocycles. The zero-order valence-electron chi connectivity index (χ0n) is 21.1. The summed E-state index contributed by atoms with van der Waals surface area (Å²) in [5.74, 6) is 0.809. The van der Waals surface area contributed by atoms with Crippen LogP contribution in [-0.4, -0.2) is 40.3 Å². The van der Waals surface area contributed by atoms with Crippen molar-refractivity contribution in [2.45, 2.75) is 12.5 Å². The minimum absolute atomic E-state index is 0. The molecule has 3 aromatic carbocycles. The predicted octanol–water partition coefficient (Wildman–Crippen LogP) is -4.80. The fourth-order valence-corrected chi connectivity index (χ4v) is 3.81. The molecule has 1 aromatic heterocycles. The van der Waals surface area contributed by atoms with E-state index >= 15 is 0 Å². The Bertz CT molecular complexity index is 1480. The van der Waals surface area contributed by atoms with E-state index in [0.29, 0.717) is 16.0 Å². The number of carbonyl (C=O) groups is 3. The van der Waals surface area contributed by atoms with E-state index in [1.165, 1.54) is 6.20 Å². The molecule has 0 bridgehead atoms. The second kappa shape index (κ2) is 14.8. The maximum Gasteiger partial charge on any atom is 1.00 e. The third-order valence-corrected chi connectivity index (χ3v) is 5.60. The summed E-state index contributed by atoms with van der Waals surface area (Å²) < 4.78 is 0. The van der Waals surface area contributed by atoms with Crippen molar-refractivity contribution in [1.82, 2.24) is 9.88 Å². The van der Waals surface area contributed by atoms with Crippen LogP contribution in [-0.2, 0) is 20.8 Å². The molecule has 4 aromatic rings. The van der Waals surface area contributed by atoms with Crippen LogP contribution >= 0.6 is 0 Å². The summed E-state index contributed by atoms with van der Waals surface area (Å²) in [6.45, 7) is -0.940. The van der Waals surface area contributed by atoms with Gasteiger partial charge in [0.25, 0.3) is 5.91 Å². The van der Waals surface area contributed by atoms with Gasteiger partial charge in [0.1, 0.15) is 0 Å². The van der Waals surface area contributed by atoms with Crippen LogP contribution in [0.2, 0.25) is 0 Å². The molecule has 0 aliphatic carbocycles. The van der Waals surface area contributed by atoms with Crippen molar-refractivity contribution in [3.05, 3.63) is 102 Å². The molecule has 0 fully saturated rings. The quantitative estimate of drug-likeness (QED) is 0.178. The number of aromatic nitrogens is 1. The Balaban J connectivity index is 0.00000253. The van der Waals surface area contributed by atoms with Gasteiger partial charge in [-0.3, -0.25) is 9.78 Å². The molecule has 0 aliphatic rings. The Morgan fingerprint density at radius 1 is 0.842 bits per heavy atom. The number of aliphatic carboxylic acids is 2. The molecule has 1 atom stereocenters. The normalized spacial score (nSPS) is 10.6. The standard InChI is InChI=1S/C29H22N2O5.2Na/c32-27(15-12-21-16-24-8-4-5-9-25(24)30-18-21)31(19-28(33)34)26(29(35)36)17-20-10-13-23(14-11-20)22-6-2-1-3-7-22;;/h1-11,13-14,16,18,26H,17,19H2,(H,33,34)(H,35,36);;/q;2*+1/p-2. The van der Waals surface area contributed by atoms with E-state index in [-0.39, 0.29) is 65.5 Å². The number of amides is 1. The van der Waals surface area contributed by atoms with Gasteiger partial charge in [-0.2, -0.15) is 0 Å². The summed E-state index contributed by atoms with van der Waals surface area (Å²) in [5, 5.41) is 24.1. The number of pyridine rings is 1. The van der Waals surface area contributed by atoms with Crippen LogP contribution in [0, 0.1) is 11.8 Å². The van der Waals surface area contributed by atoms with Crippen molar-refractivity contribution >= 4 is 28.7 Å². The first-order valence-corrected chi connectivity index (χ1v) is 11.1. The van der Waals surface area contributed by atoms with Crippen molar-refractivity contribution < 1.29 is 83.7 Å². The number of hydrogen-bond acceptors (Lipinski definition) is 6. The first-order chi connectivity index (χ1) is 17.4. The molecule has 9 heteroatoms. The van der Waals surface area contributed by atoms with Gasteiger partial charge < -0.3 is 24.7 Å². The molecule has 0 radical (unpaired) electrons. The molecule has 0 saturated carbocycles. The summed E-state index contributed by atoms with van der Waals surface area (Å²) in [6.07, 6.45) is 1.33. The SMILES string of the molecule is O=C([O-])CN(C(=O)C#Cc1cnc2ccccc2c1)C(Cc1ccc(-c2ccccc2)cc1)C(=O)[O-].[Na+].[Na+]. The van der Waals surface area contributed by atoms with Crippen LogP contribution in [0.4, 0.5) is 0 Å². The fourth-order valence-electron chi connectivity index (χ4n) is 3.81. The van der Waals surface area contributed by atoms with Gasteiger partial charge in [-0.1, -0.05) is 78.7 Å². The molecule has 0 N–H and O–H groups in total. The Morgan fingerprint density at radius 3 is 2.13 bits per heavy atom. The third kappa shape index (κ3) is 8.27. The molecule has 0 spiro atoms. The molecule has 4 rings (SSSR count). The van der Waals surface area contributed by atoms with E-state index in [2.05, 4.69) is 16.8 Å². The van der Waals surface area contributed by atoms with E-state index in [1.54, 1.807) is 18.2 Å². The summed E-state index contributed by atoms with van der Waals surface area (Å²) in [6, 6.07) is 24.3. The minimum atomic E-state index is -1.61. The van der Waals surface area contributed by atoms with Crippen LogP contribution in [0.3, 0.4) is 0 Å². The Kier molecular flexibility index (Phi) is 12.2. The molecule has 1 unspecified atom stereocenters. The van der Waals surface area contributed by atoms with E-state index in [9.17, 15) is 24.6 Å². The maximum absolute atomic E-state index is 12.8. The van der Waals surface area contributed by atoms with Gasteiger partial charge in [0.15, 0.2) is 0 Å². The zero-order chi connectivity index (χ0) is 25.5. The number of fused-ring (bicyclic) bond motifs is 1. The van der Waals surface area contributed by atoms with E-state index in [0.717, 1.165) is 22.0 Å². The summed E-state index contributed by atoms with van der Waals surface area (Å²) in [7, 11) is 0. The van der Waals surface area contributed by atoms with Gasteiger partial charge in [0.05, 0.1) is 30.0 Å². The smallest absolute Gasteiger partial charge is 0.548 e. The molecular formula is C29H20N2Na2O5. The number of hydrogen-bond donors (Lipinski definition) is 0. The van der Waals surface area contributed by atoms with Crippen molar-refractivity contribution in [3.63, 3.8) is 0 Å². The number of para-hydroxylation sites is 1. The van der Waals surface area contributed by atoms with Gasteiger partial charge in [0.2, 0.25) is 0 Å². The topological polar surface area (TPSA) is 113 Å². The molecule has 178 valence electrons. The number of carboxylic acid groups (broad SMARTS) is 2. The van der Waals surface area contributed by atoms with Crippen LogP contribution in [0.15, 0.2) is 91.1 Å². The van der Waals surface area contributed by atoms with E-state index in [1.807, 2.05) is 66.7 Å². The first-order valence-electron chi connectivity index (χ1n) is 11.1. The third-order valence-electron chi connectivity index (χ3n) is 5.60. The molecule has 38 heavy (non-hydrogen) atoms. The second-order valence-corrected chi connectivity index (χ2v) is 8.07. The van der Waals surface area contributed by atoms with E-state index in [4.69, 9.17) is 0 Å². The number of carboxylic acids is 2. The molecule has 0 aliphatic heterocycles. The fraction of sp³-hybridized carbons (Fsp3) is 0.103. The number of nitrogens with zero attached hydrogens (tertiary/aromatic N) is 2. The summed E-state index contributed by atoms with van der Waals surface area (Å²) in [4.78, 5) is 41.1. The van der Waals surface area contributed by atoms with Gasteiger partial charge >= 0.3 is 59.1 Å². The zero-order valence-corrected chi connectivity index (χ0v) is 25.1. The van der Waals surface area contributed by atoms with Gasteiger partial charge in [-0.25, -0.2) is 0 Å². The first kappa shape index (κ1) is 31.3. The second-order valence-electron chi connectivity index (χ2n) is 8.07. The summed E-state index contributed by atoms with van der Waals surface area (Å²) in [5.41, 5.74) is 3.70. The molecule has 7 nitrogen and oxygen atoms in total. The van der Waals surface area contributed by atoms with E-state index < -0.39 is 30.4 Å². The average molecular weight is 522 g/mol. The monoisotopic (exact) mass is 522 g/mol. The maximum atomic E-state index is 12.8. The Morgan fingerprint density at radius 2 is 1.47 bits per heavy atom. The average Bonchev–Trinajstić information content (AvgIpc) is 2.89. The predicted molar refractivity (Wildman–Crippen MR) is 130 cm³/mol. The van der Waals surface area contributed by atoms with Crippen LogP contribution in [0.1, 0.15) is 11.1 Å². The molecule has 1 heterocycles. The largest absolute Gasteiger partial charge is 1.00 e. The molecular weight excluding hydrogens is 502 g/mol. The number of carbonyl (C=O) groups excluding carboxylic acids is 3. The van der Waals surface area contributed by atoms with Crippen LogP contribution in [0.25, 0.3) is 22.0 Å². The number of rotatable bonds is 7. The summed E-state index contributed by atoms with van der Waals surface area (Å²) >= 11 is 0. The van der Waals surface area contributed by atoms with Gasteiger partial charge in [0, 0.05) is 23.1 Å². The Hall–Kier alpha value is -2.96. The van der Waals surface area contributed by atoms with Crippen LogP contribution in [0.5, 0.6) is 0 Å². The van der Waals surface area contributed by atoms with Gasteiger partial charge in [-0.15, -0.1) is 0 Å². The Labute approximate surface area is 264 Å². The van der Waals surface area contributed by atoms with Gasteiger partial charge in [-0.05, 0) is 35.2 Å². The molecule has 1 amide bonds. The van der Waals surface area contributed by atoms with Crippen molar-refractivity contribution in [2.24, 2.45) is 0 Å². The number of benzene rings is 3. The van der Waals surface area contributed by atoms with Crippen molar-refractivity contribution in [2.75, 3.05) is 6.54 Å². The van der Waals surface area contributed by atoms with Crippen molar-refractivity contribution in [1.29, 1.82) is 0 Å². The van der Waals surface area contributed by atoms with Crippen LogP contribution < -0.4 is 69.3 Å². The minimum Gasteiger partial charge on any atom is -0.548 e.